The van der Waals surface area contributed by atoms with Gasteiger partial charge in [-0.1, -0.05) is 29.8 Å². The van der Waals surface area contributed by atoms with E-state index in [4.69, 9.17) is 16.3 Å². The standard InChI is InChI=1S/C20H22ClN3O2/c1-3-24-18-10-5-4-9-17(18)22-19(24)14-23(2)20(25)11-12-26-16-8-6-7-15(21)13-16/h4-10,13H,3,11-12,14H2,1-2H3. The van der Waals surface area contributed by atoms with Crippen LogP contribution in [0.25, 0.3) is 11.0 Å². The molecule has 5 nitrogen and oxygen atoms in total. The molecule has 1 amide bonds. The molecule has 0 aliphatic rings. The zero-order valence-corrected chi connectivity index (χ0v) is 15.7. The van der Waals surface area contributed by atoms with Crippen LogP contribution >= 0.6 is 11.6 Å². The number of rotatable bonds is 7. The summed E-state index contributed by atoms with van der Waals surface area (Å²) in [7, 11) is 1.79. The number of aromatic nitrogens is 2. The lowest BCUT2D eigenvalue weighted by Gasteiger charge is -2.18. The summed E-state index contributed by atoms with van der Waals surface area (Å²) in [6.07, 6.45) is 0.301. The molecule has 3 aromatic rings. The average molecular weight is 372 g/mol. The number of carbonyl (C=O) groups excluding carboxylic acids is 1. The number of para-hydroxylation sites is 2. The third-order valence-electron chi connectivity index (χ3n) is 4.23. The van der Waals surface area contributed by atoms with E-state index in [1.165, 1.54) is 0 Å². The van der Waals surface area contributed by atoms with Crippen LogP contribution in [0, 0.1) is 0 Å². The molecule has 0 saturated carbocycles. The quantitative estimate of drug-likeness (QED) is 0.627. The Morgan fingerprint density at radius 1 is 1.23 bits per heavy atom. The molecule has 0 N–H and O–H groups in total. The maximum atomic E-state index is 12.4. The Bertz CT molecular complexity index is 907. The van der Waals surface area contributed by atoms with Gasteiger partial charge in [-0.15, -0.1) is 0 Å². The van der Waals surface area contributed by atoms with Gasteiger partial charge in [0, 0.05) is 18.6 Å². The molecule has 1 aromatic heterocycles. The third kappa shape index (κ3) is 4.17. The second kappa shape index (κ2) is 8.23. The van der Waals surface area contributed by atoms with E-state index >= 15 is 0 Å². The van der Waals surface area contributed by atoms with Crippen LogP contribution in [0.15, 0.2) is 48.5 Å². The fourth-order valence-corrected chi connectivity index (χ4v) is 3.08. The van der Waals surface area contributed by atoms with E-state index in [-0.39, 0.29) is 5.91 Å². The molecular weight excluding hydrogens is 350 g/mol. The van der Waals surface area contributed by atoms with Crippen molar-refractivity contribution in [3.63, 3.8) is 0 Å². The van der Waals surface area contributed by atoms with Crippen molar-refractivity contribution in [2.24, 2.45) is 0 Å². The number of amides is 1. The summed E-state index contributed by atoms with van der Waals surface area (Å²) in [5.41, 5.74) is 2.05. The van der Waals surface area contributed by atoms with Gasteiger partial charge in [-0.2, -0.15) is 0 Å². The van der Waals surface area contributed by atoms with Crippen LogP contribution < -0.4 is 4.74 Å². The molecule has 1 heterocycles. The molecule has 0 unspecified atom stereocenters. The first-order valence-electron chi connectivity index (χ1n) is 8.65. The molecular formula is C20H22ClN3O2. The third-order valence-corrected chi connectivity index (χ3v) is 4.47. The summed E-state index contributed by atoms with van der Waals surface area (Å²) in [6.45, 7) is 3.68. The van der Waals surface area contributed by atoms with Gasteiger partial charge in [0.25, 0.3) is 0 Å². The number of benzene rings is 2. The van der Waals surface area contributed by atoms with Crippen LogP contribution in [0.1, 0.15) is 19.2 Å². The van der Waals surface area contributed by atoms with Gasteiger partial charge in [0.1, 0.15) is 11.6 Å². The summed E-state index contributed by atoms with van der Waals surface area (Å²) in [6, 6.07) is 15.2. The minimum Gasteiger partial charge on any atom is -0.493 e. The lowest BCUT2D eigenvalue weighted by atomic mass is 10.3. The molecule has 26 heavy (non-hydrogen) atoms. The second-order valence-electron chi connectivity index (χ2n) is 6.07. The lowest BCUT2D eigenvalue weighted by Crippen LogP contribution is -2.28. The summed E-state index contributed by atoms with van der Waals surface area (Å²) in [4.78, 5) is 18.8. The Kier molecular flexibility index (Phi) is 5.78. The smallest absolute Gasteiger partial charge is 0.226 e. The molecule has 6 heteroatoms. The monoisotopic (exact) mass is 371 g/mol. The Balaban J connectivity index is 1.59. The van der Waals surface area contributed by atoms with Crippen molar-refractivity contribution in [3.8, 4) is 5.75 Å². The number of ether oxygens (including phenoxy) is 1. The largest absolute Gasteiger partial charge is 0.493 e. The van der Waals surface area contributed by atoms with E-state index < -0.39 is 0 Å². The molecule has 0 fully saturated rings. The maximum Gasteiger partial charge on any atom is 0.226 e. The number of carbonyl (C=O) groups is 1. The van der Waals surface area contributed by atoms with Gasteiger partial charge in [-0.05, 0) is 37.3 Å². The van der Waals surface area contributed by atoms with Gasteiger partial charge in [0.2, 0.25) is 5.91 Å². The fourth-order valence-electron chi connectivity index (χ4n) is 2.90. The SMILES string of the molecule is CCn1c(CN(C)C(=O)CCOc2cccc(Cl)c2)nc2ccccc21. The molecule has 0 spiro atoms. The predicted molar refractivity (Wildman–Crippen MR) is 103 cm³/mol. The van der Waals surface area contributed by atoms with Crippen LogP contribution in [-0.2, 0) is 17.9 Å². The van der Waals surface area contributed by atoms with E-state index in [0.29, 0.717) is 30.3 Å². The van der Waals surface area contributed by atoms with Crippen LogP contribution in [-0.4, -0.2) is 34.0 Å². The molecule has 3 rings (SSSR count). The van der Waals surface area contributed by atoms with Crippen molar-refractivity contribution in [2.75, 3.05) is 13.7 Å². The Morgan fingerprint density at radius 3 is 2.81 bits per heavy atom. The first kappa shape index (κ1) is 18.3. The number of fused-ring (bicyclic) bond motifs is 1. The topological polar surface area (TPSA) is 47.4 Å². The van der Waals surface area contributed by atoms with Crippen molar-refractivity contribution in [2.45, 2.75) is 26.4 Å². The Morgan fingerprint density at radius 2 is 2.04 bits per heavy atom. The van der Waals surface area contributed by atoms with Gasteiger partial charge in [0.15, 0.2) is 0 Å². The van der Waals surface area contributed by atoms with Crippen molar-refractivity contribution < 1.29 is 9.53 Å². The molecule has 0 bridgehead atoms. The van der Waals surface area contributed by atoms with E-state index in [1.54, 1.807) is 24.1 Å². The Labute approximate surface area is 158 Å². The summed E-state index contributed by atoms with van der Waals surface area (Å²) >= 11 is 5.92. The highest BCUT2D eigenvalue weighted by molar-refractivity contribution is 6.30. The van der Waals surface area contributed by atoms with Gasteiger partial charge < -0.3 is 14.2 Å². The highest BCUT2D eigenvalue weighted by Crippen LogP contribution is 2.18. The van der Waals surface area contributed by atoms with Crippen molar-refractivity contribution >= 4 is 28.5 Å². The Hall–Kier alpha value is -2.53. The summed E-state index contributed by atoms with van der Waals surface area (Å²) in [5.74, 6) is 1.57. The number of aryl methyl sites for hydroxylation is 1. The van der Waals surface area contributed by atoms with Crippen LogP contribution in [0.5, 0.6) is 5.75 Å². The first-order valence-corrected chi connectivity index (χ1v) is 9.02. The summed E-state index contributed by atoms with van der Waals surface area (Å²) in [5, 5.41) is 0.615. The summed E-state index contributed by atoms with van der Waals surface area (Å²) < 4.78 is 7.74. The minimum atomic E-state index is 0.0155. The predicted octanol–water partition coefficient (Wildman–Crippen LogP) is 4.14. The molecule has 0 radical (unpaired) electrons. The zero-order chi connectivity index (χ0) is 18.5. The van der Waals surface area contributed by atoms with Gasteiger partial charge in [-0.25, -0.2) is 4.98 Å². The number of hydrogen-bond acceptors (Lipinski definition) is 3. The minimum absolute atomic E-state index is 0.0155. The second-order valence-corrected chi connectivity index (χ2v) is 6.50. The van der Waals surface area contributed by atoms with E-state index in [2.05, 4.69) is 22.5 Å². The van der Waals surface area contributed by atoms with Gasteiger partial charge in [-0.3, -0.25) is 4.79 Å². The number of halogens is 1. The van der Waals surface area contributed by atoms with Gasteiger partial charge in [0.05, 0.1) is 30.6 Å². The average Bonchev–Trinajstić information content (AvgIpc) is 2.98. The molecule has 0 aliphatic carbocycles. The molecule has 2 aromatic carbocycles. The lowest BCUT2D eigenvalue weighted by molar-refractivity contribution is -0.131. The van der Waals surface area contributed by atoms with Crippen LogP contribution in [0.2, 0.25) is 5.02 Å². The molecule has 0 saturated heterocycles. The number of imidazole rings is 1. The molecule has 0 atom stereocenters. The normalized spacial score (nSPS) is 10.9. The number of nitrogens with zero attached hydrogens (tertiary/aromatic N) is 3. The van der Waals surface area contributed by atoms with Crippen LogP contribution in [0.3, 0.4) is 0 Å². The highest BCUT2D eigenvalue weighted by atomic mass is 35.5. The van der Waals surface area contributed by atoms with E-state index in [0.717, 1.165) is 23.4 Å². The zero-order valence-electron chi connectivity index (χ0n) is 15.0. The molecule has 0 aliphatic heterocycles. The van der Waals surface area contributed by atoms with E-state index in [9.17, 15) is 4.79 Å². The van der Waals surface area contributed by atoms with Crippen molar-refractivity contribution in [3.05, 3.63) is 59.4 Å². The first-order chi connectivity index (χ1) is 12.6. The van der Waals surface area contributed by atoms with Crippen molar-refractivity contribution in [1.29, 1.82) is 0 Å². The maximum absolute atomic E-state index is 12.4. The molecule has 136 valence electrons. The van der Waals surface area contributed by atoms with Gasteiger partial charge >= 0.3 is 0 Å². The van der Waals surface area contributed by atoms with Crippen LogP contribution in [0.4, 0.5) is 0 Å². The van der Waals surface area contributed by atoms with E-state index in [1.807, 2.05) is 30.3 Å². The highest BCUT2D eigenvalue weighted by Gasteiger charge is 2.15. The van der Waals surface area contributed by atoms with Crippen molar-refractivity contribution in [1.82, 2.24) is 14.5 Å². The fraction of sp³-hybridized carbons (Fsp3) is 0.300. The number of hydrogen-bond donors (Lipinski definition) is 0.